The van der Waals surface area contributed by atoms with E-state index < -0.39 is 0 Å². The molecule has 0 spiro atoms. The molecular formula is C28H23Cl2N5O2S2. The number of fused-ring (bicyclic) bond motifs is 1. The molecule has 198 valence electrons. The molecule has 0 aliphatic carbocycles. The van der Waals surface area contributed by atoms with Crippen molar-refractivity contribution >= 4 is 68.1 Å². The number of anilines is 1. The fraction of sp³-hybridized carbons (Fsp3) is 0.143. The standard InChI is InChI=1S/C28H23Cl2N5O2S2/c1-3-12-35-25(15-37-23-11-7-19(29)14-21(23)30)33-34-28(35)38-16-26(36)31-20-8-5-18(6-9-20)27-32-22-10-4-17(2)13-24(22)39-27/h3-11,13-14H,1,12,15-16H2,2H3,(H,31,36). The highest BCUT2D eigenvalue weighted by atomic mass is 35.5. The van der Waals surface area contributed by atoms with Crippen molar-refractivity contribution < 1.29 is 9.53 Å². The van der Waals surface area contributed by atoms with E-state index in [9.17, 15) is 4.79 Å². The summed E-state index contributed by atoms with van der Waals surface area (Å²) in [6.45, 7) is 6.50. The number of aromatic nitrogens is 4. The van der Waals surface area contributed by atoms with E-state index in [2.05, 4.69) is 41.1 Å². The molecule has 0 aliphatic rings. The highest BCUT2D eigenvalue weighted by Crippen LogP contribution is 2.32. The van der Waals surface area contributed by atoms with Gasteiger partial charge in [0.2, 0.25) is 5.91 Å². The number of hydrogen-bond acceptors (Lipinski definition) is 7. The van der Waals surface area contributed by atoms with Crippen LogP contribution < -0.4 is 10.1 Å². The Morgan fingerprint density at radius 3 is 2.72 bits per heavy atom. The van der Waals surface area contributed by atoms with Crippen LogP contribution in [0.5, 0.6) is 5.75 Å². The van der Waals surface area contributed by atoms with Crippen LogP contribution in [0, 0.1) is 6.92 Å². The number of carbonyl (C=O) groups excluding carboxylic acids is 1. The van der Waals surface area contributed by atoms with Gasteiger partial charge in [-0.3, -0.25) is 9.36 Å². The molecule has 5 rings (SSSR count). The lowest BCUT2D eigenvalue weighted by Gasteiger charge is -2.10. The van der Waals surface area contributed by atoms with Crippen molar-refractivity contribution in [2.24, 2.45) is 0 Å². The molecule has 1 amide bonds. The third-order valence-corrected chi connectivity index (χ3v) is 8.21. The van der Waals surface area contributed by atoms with Gasteiger partial charge in [0.1, 0.15) is 17.4 Å². The number of thioether (sulfide) groups is 1. The topological polar surface area (TPSA) is 81.9 Å². The van der Waals surface area contributed by atoms with Crippen LogP contribution in [0.3, 0.4) is 0 Å². The van der Waals surface area contributed by atoms with Crippen molar-refractivity contribution in [1.29, 1.82) is 0 Å². The second-order valence-electron chi connectivity index (χ2n) is 8.57. The summed E-state index contributed by atoms with van der Waals surface area (Å²) in [5.41, 5.74) is 3.92. The quantitative estimate of drug-likeness (QED) is 0.132. The van der Waals surface area contributed by atoms with Gasteiger partial charge in [0.15, 0.2) is 11.0 Å². The Morgan fingerprint density at radius 1 is 1.13 bits per heavy atom. The van der Waals surface area contributed by atoms with E-state index in [1.807, 2.05) is 34.9 Å². The van der Waals surface area contributed by atoms with Crippen LogP contribution in [-0.4, -0.2) is 31.4 Å². The predicted octanol–water partition coefficient (Wildman–Crippen LogP) is 7.67. The molecule has 3 aromatic carbocycles. The number of aryl methyl sites for hydroxylation is 1. The number of nitrogens with one attached hydrogen (secondary N) is 1. The molecule has 2 heterocycles. The maximum atomic E-state index is 12.7. The van der Waals surface area contributed by atoms with Gasteiger partial charge in [0.25, 0.3) is 0 Å². The minimum atomic E-state index is -0.151. The van der Waals surface area contributed by atoms with Crippen LogP contribution in [-0.2, 0) is 17.9 Å². The van der Waals surface area contributed by atoms with Gasteiger partial charge in [0, 0.05) is 22.8 Å². The van der Waals surface area contributed by atoms with E-state index in [0.29, 0.717) is 39.0 Å². The normalized spacial score (nSPS) is 11.1. The third kappa shape index (κ3) is 6.62. The zero-order chi connectivity index (χ0) is 27.4. The molecule has 0 aliphatic heterocycles. The Balaban J connectivity index is 1.19. The van der Waals surface area contributed by atoms with E-state index in [1.54, 1.807) is 35.6 Å². The first-order chi connectivity index (χ1) is 18.9. The number of ether oxygens (including phenoxy) is 1. The van der Waals surface area contributed by atoms with Crippen LogP contribution >= 0.6 is 46.3 Å². The average molecular weight is 597 g/mol. The molecule has 0 bridgehead atoms. The first-order valence-corrected chi connectivity index (χ1v) is 14.5. The fourth-order valence-electron chi connectivity index (χ4n) is 3.76. The van der Waals surface area contributed by atoms with Crippen molar-refractivity contribution in [2.45, 2.75) is 25.2 Å². The van der Waals surface area contributed by atoms with Crippen LogP contribution in [0.2, 0.25) is 10.0 Å². The number of nitrogens with zero attached hydrogens (tertiary/aromatic N) is 4. The molecule has 11 heteroatoms. The molecule has 7 nitrogen and oxygen atoms in total. The maximum absolute atomic E-state index is 12.7. The number of allylic oxidation sites excluding steroid dienone is 1. The summed E-state index contributed by atoms with van der Waals surface area (Å²) in [5, 5.41) is 13.9. The van der Waals surface area contributed by atoms with Gasteiger partial charge in [-0.25, -0.2) is 4.98 Å². The molecule has 39 heavy (non-hydrogen) atoms. The van der Waals surface area contributed by atoms with Crippen molar-refractivity contribution in [3.8, 4) is 16.3 Å². The number of rotatable bonds is 10. The van der Waals surface area contributed by atoms with Gasteiger partial charge in [-0.05, 0) is 67.1 Å². The van der Waals surface area contributed by atoms with Crippen LogP contribution in [0.25, 0.3) is 20.8 Å². The summed E-state index contributed by atoms with van der Waals surface area (Å²) >= 11 is 15.1. The van der Waals surface area contributed by atoms with Crippen molar-refractivity contribution in [1.82, 2.24) is 19.7 Å². The molecule has 2 aromatic heterocycles. The molecule has 0 unspecified atom stereocenters. The molecule has 0 radical (unpaired) electrons. The van der Waals surface area contributed by atoms with Crippen LogP contribution in [0.15, 0.2) is 78.5 Å². The Hall–Kier alpha value is -3.37. The zero-order valence-electron chi connectivity index (χ0n) is 20.9. The molecule has 1 N–H and O–H groups in total. The Kier molecular flexibility index (Phi) is 8.52. The minimum absolute atomic E-state index is 0.148. The van der Waals surface area contributed by atoms with E-state index in [4.69, 9.17) is 32.9 Å². The molecular weight excluding hydrogens is 573 g/mol. The monoisotopic (exact) mass is 595 g/mol. The Labute approximate surface area is 243 Å². The highest BCUT2D eigenvalue weighted by molar-refractivity contribution is 7.99. The molecule has 5 aromatic rings. The number of amides is 1. The van der Waals surface area contributed by atoms with E-state index >= 15 is 0 Å². The van der Waals surface area contributed by atoms with E-state index in [-0.39, 0.29) is 18.3 Å². The highest BCUT2D eigenvalue weighted by Gasteiger charge is 2.15. The molecule has 0 saturated carbocycles. The van der Waals surface area contributed by atoms with Crippen molar-refractivity contribution in [3.05, 3.63) is 94.8 Å². The van der Waals surface area contributed by atoms with E-state index in [0.717, 1.165) is 20.8 Å². The summed E-state index contributed by atoms with van der Waals surface area (Å²) in [4.78, 5) is 17.4. The number of benzene rings is 3. The van der Waals surface area contributed by atoms with Crippen LogP contribution in [0.4, 0.5) is 5.69 Å². The lowest BCUT2D eigenvalue weighted by atomic mass is 10.2. The van der Waals surface area contributed by atoms with Crippen molar-refractivity contribution in [2.75, 3.05) is 11.1 Å². The van der Waals surface area contributed by atoms with Crippen molar-refractivity contribution in [3.63, 3.8) is 0 Å². The second-order valence-corrected chi connectivity index (χ2v) is 11.4. The second kappa shape index (κ2) is 12.2. The number of halogens is 2. The largest absolute Gasteiger partial charge is 0.484 e. The van der Waals surface area contributed by atoms with Gasteiger partial charge in [-0.15, -0.1) is 28.1 Å². The minimum Gasteiger partial charge on any atom is -0.484 e. The Morgan fingerprint density at radius 2 is 1.95 bits per heavy atom. The SMILES string of the molecule is C=CCn1c(COc2ccc(Cl)cc2Cl)nnc1SCC(=O)Nc1ccc(-c2nc3ccc(C)cc3s2)cc1. The number of hydrogen-bond donors (Lipinski definition) is 1. The zero-order valence-corrected chi connectivity index (χ0v) is 24.0. The smallest absolute Gasteiger partial charge is 0.234 e. The average Bonchev–Trinajstić information content (AvgIpc) is 3.51. The van der Waals surface area contributed by atoms with Gasteiger partial charge in [0.05, 0.1) is 21.0 Å². The lowest BCUT2D eigenvalue weighted by molar-refractivity contribution is -0.113. The number of thiazole rings is 1. The van der Waals surface area contributed by atoms with Gasteiger partial charge < -0.3 is 10.1 Å². The van der Waals surface area contributed by atoms with Gasteiger partial charge in [-0.1, -0.05) is 47.1 Å². The molecule has 0 atom stereocenters. The third-order valence-electron chi connectivity index (χ3n) is 5.65. The first kappa shape index (κ1) is 27.2. The molecule has 0 saturated heterocycles. The number of carbonyl (C=O) groups is 1. The van der Waals surface area contributed by atoms with Gasteiger partial charge in [-0.2, -0.15) is 0 Å². The van der Waals surface area contributed by atoms with Crippen LogP contribution in [0.1, 0.15) is 11.4 Å². The summed E-state index contributed by atoms with van der Waals surface area (Å²) < 4.78 is 8.82. The van der Waals surface area contributed by atoms with Gasteiger partial charge >= 0.3 is 0 Å². The first-order valence-electron chi connectivity index (χ1n) is 11.9. The fourth-order valence-corrected chi connectivity index (χ4v) is 6.06. The molecule has 0 fully saturated rings. The Bertz CT molecular complexity index is 1650. The summed E-state index contributed by atoms with van der Waals surface area (Å²) in [5.74, 6) is 1.09. The predicted molar refractivity (Wildman–Crippen MR) is 160 cm³/mol. The van der Waals surface area contributed by atoms with E-state index in [1.165, 1.54) is 17.3 Å². The lowest BCUT2D eigenvalue weighted by Crippen LogP contribution is -2.15. The maximum Gasteiger partial charge on any atom is 0.234 e. The summed E-state index contributed by atoms with van der Waals surface area (Å²) in [7, 11) is 0. The summed E-state index contributed by atoms with van der Waals surface area (Å²) in [6, 6.07) is 19.0. The summed E-state index contributed by atoms with van der Waals surface area (Å²) in [6.07, 6.45) is 1.74.